The quantitative estimate of drug-likeness (QED) is 0.682. The predicted molar refractivity (Wildman–Crippen MR) is 95.9 cm³/mol. The maximum Gasteiger partial charge on any atom is 0.264 e. The molecule has 0 saturated carbocycles. The van der Waals surface area contributed by atoms with Gasteiger partial charge in [0.1, 0.15) is 22.8 Å². The molecule has 1 amide bonds. The predicted octanol–water partition coefficient (Wildman–Crippen LogP) is 4.31. The van der Waals surface area contributed by atoms with Crippen LogP contribution in [0, 0.1) is 18.6 Å². The zero-order valence-electron chi connectivity index (χ0n) is 13.4. The summed E-state index contributed by atoms with van der Waals surface area (Å²) >= 11 is 1.05. The van der Waals surface area contributed by atoms with Crippen molar-refractivity contribution in [2.24, 2.45) is 4.99 Å². The summed E-state index contributed by atoms with van der Waals surface area (Å²) in [5.41, 5.74) is 1.94. The summed E-state index contributed by atoms with van der Waals surface area (Å²) in [7, 11) is 0. The number of benzene rings is 2. The number of carbonyl (C=O) groups excluding carboxylic acids is 1. The van der Waals surface area contributed by atoms with Gasteiger partial charge in [0, 0.05) is 13.0 Å². The number of amides is 1. The Morgan fingerprint density at radius 1 is 1.23 bits per heavy atom. The molecule has 2 heterocycles. The van der Waals surface area contributed by atoms with Gasteiger partial charge >= 0.3 is 0 Å². The van der Waals surface area contributed by atoms with Crippen molar-refractivity contribution >= 4 is 45.7 Å². The summed E-state index contributed by atoms with van der Waals surface area (Å²) in [5, 5.41) is 2.72. The number of halogens is 2. The molecule has 2 aromatic carbocycles. The van der Waals surface area contributed by atoms with E-state index in [0.29, 0.717) is 16.4 Å². The van der Waals surface area contributed by atoms with Gasteiger partial charge in [0.25, 0.3) is 5.91 Å². The second kappa shape index (κ2) is 6.38. The summed E-state index contributed by atoms with van der Waals surface area (Å²) < 4.78 is 32.4. The van der Waals surface area contributed by atoms with Crippen LogP contribution in [0.5, 0.6) is 0 Å². The second-order valence-electron chi connectivity index (χ2n) is 5.54. The molecule has 0 radical (unpaired) electrons. The van der Waals surface area contributed by atoms with Crippen molar-refractivity contribution in [3.05, 3.63) is 64.4 Å². The number of hydrogen-bond donors (Lipinski definition) is 1. The average molecular weight is 371 g/mol. The molecule has 5 nitrogen and oxygen atoms in total. The van der Waals surface area contributed by atoms with Gasteiger partial charge in [0.05, 0.1) is 4.91 Å². The Bertz CT molecular complexity index is 1110. The molecule has 26 heavy (non-hydrogen) atoms. The number of hydrogen-bond acceptors (Lipinski definition) is 5. The average Bonchev–Trinajstić information content (AvgIpc) is 3.12. The highest BCUT2D eigenvalue weighted by Crippen LogP contribution is 2.30. The van der Waals surface area contributed by atoms with Gasteiger partial charge in [-0.1, -0.05) is 6.07 Å². The fourth-order valence-electron chi connectivity index (χ4n) is 2.46. The number of fused-ring (bicyclic) bond motifs is 1. The Morgan fingerprint density at radius 2 is 2.08 bits per heavy atom. The number of aryl methyl sites for hydroxylation is 1. The van der Waals surface area contributed by atoms with Crippen molar-refractivity contribution in [3.63, 3.8) is 0 Å². The van der Waals surface area contributed by atoms with E-state index in [-0.39, 0.29) is 16.8 Å². The van der Waals surface area contributed by atoms with E-state index < -0.39 is 11.6 Å². The van der Waals surface area contributed by atoms with E-state index in [2.05, 4.69) is 15.3 Å². The number of rotatable bonds is 2. The van der Waals surface area contributed by atoms with E-state index in [9.17, 15) is 13.6 Å². The molecule has 130 valence electrons. The van der Waals surface area contributed by atoms with Crippen LogP contribution in [0.2, 0.25) is 0 Å². The summed E-state index contributed by atoms with van der Waals surface area (Å²) in [4.78, 5) is 20.7. The Kier molecular flexibility index (Phi) is 4.04. The minimum Gasteiger partial charge on any atom is -0.441 e. The number of aromatic nitrogens is 1. The number of nitrogens with zero attached hydrogens (tertiary/aromatic N) is 2. The van der Waals surface area contributed by atoms with Crippen LogP contribution in [0.3, 0.4) is 0 Å². The lowest BCUT2D eigenvalue weighted by atomic mass is 10.2. The Labute approximate surface area is 150 Å². The molecule has 1 N–H and O–H groups in total. The third kappa shape index (κ3) is 3.23. The molecule has 0 unspecified atom stereocenters. The number of oxazole rings is 1. The molecule has 0 spiro atoms. The SMILES string of the molecule is Cc1nc2ccc(C=C3SC(=Nc4cc(F)ccc4F)NC3=O)cc2o1. The number of carbonyl (C=O) groups is 1. The van der Waals surface area contributed by atoms with E-state index in [4.69, 9.17) is 4.42 Å². The summed E-state index contributed by atoms with van der Waals surface area (Å²) in [6.07, 6.45) is 1.67. The normalized spacial score (nSPS) is 17.4. The minimum absolute atomic E-state index is 0.174. The molecule has 1 aliphatic heterocycles. The number of nitrogens with one attached hydrogen (secondary N) is 1. The van der Waals surface area contributed by atoms with Crippen LogP contribution in [-0.2, 0) is 4.79 Å². The maximum atomic E-state index is 13.7. The van der Waals surface area contributed by atoms with Crippen LogP contribution in [0.4, 0.5) is 14.5 Å². The number of amidine groups is 1. The first-order chi connectivity index (χ1) is 12.5. The lowest BCUT2D eigenvalue weighted by Crippen LogP contribution is -2.19. The van der Waals surface area contributed by atoms with Crippen LogP contribution in [0.15, 0.2) is 50.7 Å². The molecule has 0 bridgehead atoms. The smallest absolute Gasteiger partial charge is 0.264 e. The van der Waals surface area contributed by atoms with Gasteiger partial charge < -0.3 is 9.73 Å². The van der Waals surface area contributed by atoms with Gasteiger partial charge in [-0.3, -0.25) is 4.79 Å². The molecule has 1 aliphatic rings. The van der Waals surface area contributed by atoms with E-state index in [0.717, 1.165) is 41.0 Å². The van der Waals surface area contributed by atoms with Gasteiger partial charge in [0.2, 0.25) is 0 Å². The van der Waals surface area contributed by atoms with Crippen LogP contribution in [-0.4, -0.2) is 16.1 Å². The summed E-state index contributed by atoms with van der Waals surface area (Å²) in [6, 6.07) is 8.35. The first-order valence-corrected chi connectivity index (χ1v) is 8.41. The molecule has 1 fully saturated rings. The molecular weight excluding hydrogens is 360 g/mol. The molecule has 3 aromatic rings. The first-order valence-electron chi connectivity index (χ1n) is 7.60. The van der Waals surface area contributed by atoms with Crippen LogP contribution < -0.4 is 5.32 Å². The zero-order valence-corrected chi connectivity index (χ0v) is 14.2. The van der Waals surface area contributed by atoms with Crippen LogP contribution in [0.25, 0.3) is 17.2 Å². The topological polar surface area (TPSA) is 67.5 Å². The first kappa shape index (κ1) is 16.5. The second-order valence-corrected chi connectivity index (χ2v) is 6.57. The summed E-state index contributed by atoms with van der Waals surface area (Å²) in [6.45, 7) is 1.76. The Morgan fingerprint density at radius 3 is 2.92 bits per heavy atom. The monoisotopic (exact) mass is 371 g/mol. The van der Waals surface area contributed by atoms with Crippen LogP contribution >= 0.6 is 11.8 Å². The molecule has 0 aliphatic carbocycles. The molecular formula is C18H11F2N3O2S. The van der Waals surface area contributed by atoms with E-state index in [1.807, 2.05) is 6.07 Å². The van der Waals surface area contributed by atoms with Crippen molar-refractivity contribution in [1.29, 1.82) is 0 Å². The highest BCUT2D eigenvalue weighted by Gasteiger charge is 2.24. The Hall–Kier alpha value is -3.00. The van der Waals surface area contributed by atoms with E-state index in [1.54, 1.807) is 25.1 Å². The highest BCUT2D eigenvalue weighted by atomic mass is 32.2. The molecule has 1 saturated heterocycles. The van der Waals surface area contributed by atoms with E-state index in [1.165, 1.54) is 0 Å². The van der Waals surface area contributed by atoms with Gasteiger partial charge in [-0.15, -0.1) is 0 Å². The lowest BCUT2D eigenvalue weighted by Gasteiger charge is -1.98. The van der Waals surface area contributed by atoms with Gasteiger partial charge in [-0.05, 0) is 47.7 Å². The number of aliphatic imine (C=N–C) groups is 1. The van der Waals surface area contributed by atoms with Crippen molar-refractivity contribution in [2.45, 2.75) is 6.92 Å². The summed E-state index contributed by atoms with van der Waals surface area (Å²) in [5.74, 6) is -1.08. The number of thioether (sulfide) groups is 1. The van der Waals surface area contributed by atoms with Crippen molar-refractivity contribution < 1.29 is 18.0 Å². The van der Waals surface area contributed by atoms with Gasteiger partial charge in [0.15, 0.2) is 16.6 Å². The largest absolute Gasteiger partial charge is 0.441 e. The zero-order chi connectivity index (χ0) is 18.3. The molecule has 4 rings (SSSR count). The Balaban J connectivity index is 1.63. The third-order valence-corrected chi connectivity index (χ3v) is 4.51. The van der Waals surface area contributed by atoms with Crippen molar-refractivity contribution in [1.82, 2.24) is 10.3 Å². The fourth-order valence-corrected chi connectivity index (χ4v) is 3.29. The fraction of sp³-hybridized carbons (Fsp3) is 0.0556. The minimum atomic E-state index is -0.669. The molecule has 8 heteroatoms. The van der Waals surface area contributed by atoms with Gasteiger partial charge in [-0.25, -0.2) is 18.8 Å². The van der Waals surface area contributed by atoms with Crippen molar-refractivity contribution in [2.75, 3.05) is 0 Å². The van der Waals surface area contributed by atoms with Crippen molar-refractivity contribution in [3.8, 4) is 0 Å². The van der Waals surface area contributed by atoms with Gasteiger partial charge in [-0.2, -0.15) is 0 Å². The maximum absolute atomic E-state index is 13.7. The third-order valence-electron chi connectivity index (χ3n) is 3.60. The molecule has 0 atom stereocenters. The lowest BCUT2D eigenvalue weighted by molar-refractivity contribution is -0.115. The van der Waals surface area contributed by atoms with E-state index >= 15 is 0 Å². The molecule has 1 aromatic heterocycles. The standard InChI is InChI=1S/C18H11F2N3O2S/c1-9-21-13-5-2-10(6-15(13)25-9)7-16-17(24)23-18(26-16)22-14-8-11(19)3-4-12(14)20/h2-8H,1H3,(H,22,23,24). The van der Waals surface area contributed by atoms with Crippen LogP contribution in [0.1, 0.15) is 11.5 Å². The highest BCUT2D eigenvalue weighted by molar-refractivity contribution is 8.18.